The summed E-state index contributed by atoms with van der Waals surface area (Å²) in [7, 11) is 1.97. The lowest BCUT2D eigenvalue weighted by Gasteiger charge is -2.08. The summed E-state index contributed by atoms with van der Waals surface area (Å²) >= 11 is 1.78. The quantitative estimate of drug-likeness (QED) is 0.937. The van der Waals surface area contributed by atoms with Crippen molar-refractivity contribution in [2.75, 3.05) is 20.3 Å². The summed E-state index contributed by atoms with van der Waals surface area (Å²) in [6, 6.07) is 8.42. The summed E-state index contributed by atoms with van der Waals surface area (Å²) in [5.74, 6) is 2.13. The standard InChI is InChI=1S/C16H19NO2S/c1-11-8-18-15-4-3-12(6-16(15)19-9-11)13-5-14(7-17-2)20-10-13/h3-6,10-11,17H,7-9H2,1-2H3. The predicted octanol–water partition coefficient (Wildman–Crippen LogP) is 3.54. The highest BCUT2D eigenvalue weighted by molar-refractivity contribution is 7.10. The third-order valence-electron chi connectivity index (χ3n) is 3.33. The Morgan fingerprint density at radius 1 is 1.15 bits per heavy atom. The van der Waals surface area contributed by atoms with Crippen LogP contribution in [0.5, 0.6) is 11.5 Å². The summed E-state index contributed by atoms with van der Waals surface area (Å²) in [5.41, 5.74) is 2.42. The Kier molecular flexibility index (Phi) is 3.94. The highest BCUT2D eigenvalue weighted by atomic mass is 32.1. The zero-order chi connectivity index (χ0) is 13.9. The molecule has 3 nitrogen and oxygen atoms in total. The van der Waals surface area contributed by atoms with Crippen LogP contribution in [0.1, 0.15) is 11.8 Å². The number of thiophene rings is 1. The molecule has 0 fully saturated rings. The second-order valence-corrected chi connectivity index (χ2v) is 6.22. The van der Waals surface area contributed by atoms with E-state index in [1.165, 1.54) is 16.0 Å². The van der Waals surface area contributed by atoms with Crippen molar-refractivity contribution in [3.8, 4) is 22.6 Å². The van der Waals surface area contributed by atoms with Gasteiger partial charge in [-0.2, -0.15) is 0 Å². The Labute approximate surface area is 123 Å². The van der Waals surface area contributed by atoms with E-state index in [9.17, 15) is 0 Å². The highest BCUT2D eigenvalue weighted by Crippen LogP contribution is 2.36. The minimum Gasteiger partial charge on any atom is -0.489 e. The van der Waals surface area contributed by atoms with Crippen molar-refractivity contribution in [2.45, 2.75) is 13.5 Å². The van der Waals surface area contributed by atoms with E-state index in [-0.39, 0.29) is 0 Å². The summed E-state index contributed by atoms with van der Waals surface area (Å²) in [5, 5.41) is 5.37. The van der Waals surface area contributed by atoms with Crippen LogP contribution in [0.3, 0.4) is 0 Å². The molecule has 0 radical (unpaired) electrons. The number of nitrogens with one attached hydrogen (secondary N) is 1. The van der Waals surface area contributed by atoms with E-state index in [1.807, 2.05) is 13.1 Å². The second-order valence-electron chi connectivity index (χ2n) is 5.22. The van der Waals surface area contributed by atoms with E-state index in [1.54, 1.807) is 11.3 Å². The van der Waals surface area contributed by atoms with Gasteiger partial charge in [0.1, 0.15) is 0 Å². The maximum Gasteiger partial charge on any atom is 0.161 e. The van der Waals surface area contributed by atoms with Crippen LogP contribution in [-0.4, -0.2) is 20.3 Å². The molecule has 20 heavy (non-hydrogen) atoms. The number of ether oxygens (including phenoxy) is 2. The van der Waals surface area contributed by atoms with Crippen LogP contribution >= 0.6 is 11.3 Å². The van der Waals surface area contributed by atoms with E-state index in [4.69, 9.17) is 9.47 Å². The van der Waals surface area contributed by atoms with Gasteiger partial charge in [0.15, 0.2) is 11.5 Å². The van der Waals surface area contributed by atoms with Gasteiger partial charge in [-0.05, 0) is 41.8 Å². The smallest absolute Gasteiger partial charge is 0.161 e. The van der Waals surface area contributed by atoms with Gasteiger partial charge in [-0.1, -0.05) is 13.0 Å². The molecule has 4 heteroatoms. The molecular formula is C16H19NO2S. The molecule has 0 spiro atoms. The molecular weight excluding hydrogens is 270 g/mol. The maximum atomic E-state index is 5.84. The van der Waals surface area contributed by atoms with Crippen molar-refractivity contribution in [3.63, 3.8) is 0 Å². The molecule has 1 unspecified atom stereocenters. The van der Waals surface area contributed by atoms with Gasteiger partial charge in [-0.3, -0.25) is 0 Å². The molecule has 1 aromatic carbocycles. The average molecular weight is 289 g/mol. The molecule has 2 aromatic rings. The highest BCUT2D eigenvalue weighted by Gasteiger charge is 2.15. The first-order valence-electron chi connectivity index (χ1n) is 6.88. The summed E-state index contributed by atoms with van der Waals surface area (Å²) in [6.45, 7) is 4.48. The lowest BCUT2D eigenvalue weighted by Crippen LogP contribution is -2.12. The fraction of sp³-hybridized carbons (Fsp3) is 0.375. The van der Waals surface area contributed by atoms with Crippen LogP contribution in [0.15, 0.2) is 29.6 Å². The van der Waals surface area contributed by atoms with E-state index in [2.05, 4.69) is 35.8 Å². The number of hydrogen-bond acceptors (Lipinski definition) is 4. The van der Waals surface area contributed by atoms with E-state index in [0.717, 1.165) is 24.7 Å². The summed E-state index contributed by atoms with van der Waals surface area (Å²) in [6.07, 6.45) is 0. The molecule has 1 atom stereocenters. The van der Waals surface area contributed by atoms with Crippen LogP contribution in [0, 0.1) is 5.92 Å². The Morgan fingerprint density at radius 3 is 2.75 bits per heavy atom. The van der Waals surface area contributed by atoms with Gasteiger partial charge >= 0.3 is 0 Å². The first-order chi connectivity index (χ1) is 9.76. The molecule has 1 aliphatic rings. The van der Waals surface area contributed by atoms with E-state index < -0.39 is 0 Å². The molecule has 1 aliphatic heterocycles. The van der Waals surface area contributed by atoms with Crippen molar-refractivity contribution in [1.82, 2.24) is 5.32 Å². The molecule has 3 rings (SSSR count). The van der Waals surface area contributed by atoms with Gasteiger partial charge in [0.2, 0.25) is 0 Å². The zero-order valence-corrected chi connectivity index (χ0v) is 12.6. The molecule has 1 N–H and O–H groups in total. The molecule has 0 aliphatic carbocycles. The van der Waals surface area contributed by atoms with Gasteiger partial charge in [0.05, 0.1) is 13.2 Å². The number of rotatable bonds is 3. The monoisotopic (exact) mass is 289 g/mol. The van der Waals surface area contributed by atoms with Crippen molar-refractivity contribution in [1.29, 1.82) is 0 Å². The molecule has 0 amide bonds. The minimum absolute atomic E-state index is 0.425. The first kappa shape index (κ1) is 13.5. The summed E-state index contributed by atoms with van der Waals surface area (Å²) < 4.78 is 11.6. The third-order valence-corrected chi connectivity index (χ3v) is 4.27. The SMILES string of the molecule is CNCc1cc(-c2ccc3c(c2)OCC(C)CO3)cs1. The Bertz CT molecular complexity index is 594. The largest absolute Gasteiger partial charge is 0.489 e. The molecule has 0 saturated heterocycles. The van der Waals surface area contributed by atoms with Gasteiger partial charge in [-0.15, -0.1) is 11.3 Å². The van der Waals surface area contributed by atoms with Gasteiger partial charge in [0.25, 0.3) is 0 Å². The normalized spacial score (nSPS) is 17.8. The van der Waals surface area contributed by atoms with Crippen molar-refractivity contribution < 1.29 is 9.47 Å². The van der Waals surface area contributed by atoms with Crippen LogP contribution in [-0.2, 0) is 6.54 Å². The fourth-order valence-electron chi connectivity index (χ4n) is 2.23. The molecule has 0 bridgehead atoms. The van der Waals surface area contributed by atoms with Crippen molar-refractivity contribution >= 4 is 11.3 Å². The van der Waals surface area contributed by atoms with Crippen LogP contribution in [0.25, 0.3) is 11.1 Å². The minimum atomic E-state index is 0.425. The Hall–Kier alpha value is -1.52. The van der Waals surface area contributed by atoms with Crippen molar-refractivity contribution in [3.05, 3.63) is 34.5 Å². The van der Waals surface area contributed by atoms with Crippen LogP contribution in [0.4, 0.5) is 0 Å². The molecule has 1 aromatic heterocycles. The number of fused-ring (bicyclic) bond motifs is 1. The second kappa shape index (κ2) is 5.85. The summed E-state index contributed by atoms with van der Waals surface area (Å²) in [4.78, 5) is 1.34. The predicted molar refractivity (Wildman–Crippen MR) is 82.7 cm³/mol. The molecule has 0 saturated carbocycles. The van der Waals surface area contributed by atoms with E-state index in [0.29, 0.717) is 12.5 Å². The van der Waals surface area contributed by atoms with Crippen molar-refractivity contribution in [2.24, 2.45) is 5.92 Å². The fourth-order valence-corrected chi connectivity index (χ4v) is 3.14. The number of hydrogen-bond donors (Lipinski definition) is 1. The number of benzene rings is 1. The topological polar surface area (TPSA) is 30.5 Å². The Balaban J connectivity index is 1.87. The third kappa shape index (κ3) is 2.81. The lowest BCUT2D eigenvalue weighted by atomic mass is 10.1. The molecule has 2 heterocycles. The van der Waals surface area contributed by atoms with Gasteiger partial charge < -0.3 is 14.8 Å². The van der Waals surface area contributed by atoms with Gasteiger partial charge in [0, 0.05) is 17.3 Å². The maximum absolute atomic E-state index is 5.84. The van der Waals surface area contributed by atoms with Gasteiger partial charge in [-0.25, -0.2) is 0 Å². The first-order valence-corrected chi connectivity index (χ1v) is 7.76. The van der Waals surface area contributed by atoms with Crippen LogP contribution in [0.2, 0.25) is 0 Å². The zero-order valence-electron chi connectivity index (χ0n) is 11.8. The van der Waals surface area contributed by atoms with Crippen LogP contribution < -0.4 is 14.8 Å². The Morgan fingerprint density at radius 2 is 1.95 bits per heavy atom. The average Bonchev–Trinajstić information content (AvgIpc) is 2.84. The lowest BCUT2D eigenvalue weighted by molar-refractivity contribution is 0.228. The molecule has 106 valence electrons. The van der Waals surface area contributed by atoms with E-state index >= 15 is 0 Å².